The van der Waals surface area contributed by atoms with E-state index < -0.39 is 6.43 Å². The maximum atomic E-state index is 12.7. The smallest absolute Gasteiger partial charge is 0.263 e. The first-order chi connectivity index (χ1) is 10.1. The molecule has 0 aliphatic heterocycles. The number of anilines is 1. The monoisotopic (exact) mass is 290 g/mol. The average Bonchev–Trinajstić information content (AvgIpc) is 2.46. The molecule has 0 aliphatic rings. The van der Waals surface area contributed by atoms with Gasteiger partial charge in [0.25, 0.3) is 6.43 Å². The van der Waals surface area contributed by atoms with Crippen molar-refractivity contribution in [3.8, 4) is 0 Å². The van der Waals surface area contributed by atoms with E-state index in [0.29, 0.717) is 6.54 Å². The van der Waals surface area contributed by atoms with Crippen LogP contribution in [0.4, 0.5) is 14.5 Å². The van der Waals surface area contributed by atoms with Gasteiger partial charge in [-0.2, -0.15) is 0 Å². The number of halogens is 2. The largest absolute Gasteiger partial charge is 0.381 e. The number of benzene rings is 2. The van der Waals surface area contributed by atoms with E-state index >= 15 is 0 Å². The number of nitrogens with one attached hydrogen (secondary N) is 1. The molecule has 2 nitrogen and oxygen atoms in total. The van der Waals surface area contributed by atoms with E-state index in [1.807, 2.05) is 38.4 Å². The zero-order valence-corrected chi connectivity index (χ0v) is 12.3. The molecule has 4 heteroatoms. The lowest BCUT2D eigenvalue weighted by atomic mass is 10.1. The summed E-state index contributed by atoms with van der Waals surface area (Å²) in [5.74, 6) is 0. The van der Waals surface area contributed by atoms with E-state index in [1.54, 1.807) is 12.1 Å². The number of hydrogen-bond acceptors (Lipinski definition) is 2. The molecule has 0 heterocycles. The molecule has 0 radical (unpaired) electrons. The molecule has 0 saturated heterocycles. The van der Waals surface area contributed by atoms with Crippen LogP contribution in [0, 0.1) is 0 Å². The van der Waals surface area contributed by atoms with Gasteiger partial charge in [-0.05, 0) is 37.4 Å². The van der Waals surface area contributed by atoms with Crippen molar-refractivity contribution in [1.29, 1.82) is 0 Å². The zero-order chi connectivity index (χ0) is 15.2. The van der Waals surface area contributed by atoms with Crippen molar-refractivity contribution < 1.29 is 8.78 Å². The molecule has 0 amide bonds. The fourth-order valence-electron chi connectivity index (χ4n) is 2.21. The summed E-state index contributed by atoms with van der Waals surface area (Å²) >= 11 is 0. The lowest BCUT2D eigenvalue weighted by Crippen LogP contribution is -2.12. The van der Waals surface area contributed by atoms with Gasteiger partial charge in [0.1, 0.15) is 0 Å². The van der Waals surface area contributed by atoms with Crippen molar-refractivity contribution >= 4 is 5.69 Å². The highest BCUT2D eigenvalue weighted by atomic mass is 19.3. The number of rotatable bonds is 6. The van der Waals surface area contributed by atoms with Crippen LogP contribution in [0.25, 0.3) is 0 Å². The lowest BCUT2D eigenvalue weighted by molar-refractivity contribution is 0.151. The predicted molar refractivity (Wildman–Crippen MR) is 82.6 cm³/mol. The Bertz CT molecular complexity index is 583. The van der Waals surface area contributed by atoms with Crippen LogP contribution in [0.1, 0.15) is 23.1 Å². The normalized spacial score (nSPS) is 11.1. The summed E-state index contributed by atoms with van der Waals surface area (Å²) in [7, 11) is 4.03. The number of alkyl halides is 2. The number of hydrogen-bond donors (Lipinski definition) is 1. The first-order valence-corrected chi connectivity index (χ1v) is 6.90. The van der Waals surface area contributed by atoms with E-state index in [-0.39, 0.29) is 5.56 Å². The third-order valence-corrected chi connectivity index (χ3v) is 3.19. The SMILES string of the molecule is CN(C)Cc1ccccc1NCc1cccc(C(F)F)c1. The van der Waals surface area contributed by atoms with Gasteiger partial charge >= 0.3 is 0 Å². The molecular formula is C17H20F2N2. The molecule has 2 aromatic rings. The van der Waals surface area contributed by atoms with Crippen LogP contribution in [0.2, 0.25) is 0 Å². The predicted octanol–water partition coefficient (Wildman–Crippen LogP) is 4.30. The topological polar surface area (TPSA) is 15.3 Å². The Morgan fingerprint density at radius 1 is 1.05 bits per heavy atom. The summed E-state index contributed by atoms with van der Waals surface area (Å²) in [5, 5.41) is 3.33. The van der Waals surface area contributed by atoms with Gasteiger partial charge in [-0.25, -0.2) is 8.78 Å². The standard InChI is InChI=1S/C17H20F2N2/c1-21(2)12-15-7-3-4-9-16(15)20-11-13-6-5-8-14(10-13)17(18)19/h3-10,17,20H,11-12H2,1-2H3. The first kappa shape index (κ1) is 15.4. The Labute approximate surface area is 124 Å². The van der Waals surface area contributed by atoms with Gasteiger partial charge in [-0.3, -0.25) is 0 Å². The van der Waals surface area contributed by atoms with Crippen LogP contribution in [-0.2, 0) is 13.1 Å². The van der Waals surface area contributed by atoms with Crippen molar-refractivity contribution in [2.45, 2.75) is 19.5 Å². The number of para-hydroxylation sites is 1. The molecule has 112 valence electrons. The zero-order valence-electron chi connectivity index (χ0n) is 12.3. The van der Waals surface area contributed by atoms with E-state index in [1.165, 1.54) is 11.6 Å². The molecular weight excluding hydrogens is 270 g/mol. The first-order valence-electron chi connectivity index (χ1n) is 6.90. The number of nitrogens with zero attached hydrogens (tertiary/aromatic N) is 1. The molecule has 0 atom stereocenters. The lowest BCUT2D eigenvalue weighted by Gasteiger charge is -2.15. The Morgan fingerprint density at radius 2 is 1.81 bits per heavy atom. The minimum Gasteiger partial charge on any atom is -0.381 e. The van der Waals surface area contributed by atoms with Crippen molar-refractivity contribution in [2.75, 3.05) is 19.4 Å². The summed E-state index contributed by atoms with van der Waals surface area (Å²) in [6, 6.07) is 14.6. The molecule has 0 spiro atoms. The molecule has 1 N–H and O–H groups in total. The molecule has 21 heavy (non-hydrogen) atoms. The van der Waals surface area contributed by atoms with Crippen LogP contribution in [0.5, 0.6) is 0 Å². The van der Waals surface area contributed by atoms with Crippen molar-refractivity contribution in [3.05, 3.63) is 65.2 Å². The summed E-state index contributed by atoms with van der Waals surface area (Å²) in [6.45, 7) is 1.37. The van der Waals surface area contributed by atoms with Gasteiger partial charge in [0.2, 0.25) is 0 Å². The van der Waals surface area contributed by atoms with Gasteiger partial charge < -0.3 is 10.2 Å². The van der Waals surface area contributed by atoms with Crippen molar-refractivity contribution in [1.82, 2.24) is 4.90 Å². The average molecular weight is 290 g/mol. The second kappa shape index (κ2) is 7.18. The minimum absolute atomic E-state index is 0.0656. The molecule has 0 bridgehead atoms. The highest BCUT2D eigenvalue weighted by molar-refractivity contribution is 5.51. The fourth-order valence-corrected chi connectivity index (χ4v) is 2.21. The van der Waals surface area contributed by atoms with Crippen molar-refractivity contribution in [2.24, 2.45) is 0 Å². The Morgan fingerprint density at radius 3 is 2.52 bits per heavy atom. The summed E-state index contributed by atoms with van der Waals surface area (Å²) < 4.78 is 25.4. The fraction of sp³-hybridized carbons (Fsp3) is 0.294. The van der Waals surface area contributed by atoms with E-state index in [2.05, 4.69) is 16.3 Å². The van der Waals surface area contributed by atoms with Crippen LogP contribution in [-0.4, -0.2) is 19.0 Å². The van der Waals surface area contributed by atoms with Crippen LogP contribution < -0.4 is 5.32 Å². The highest BCUT2D eigenvalue weighted by Gasteiger charge is 2.07. The molecule has 0 saturated carbocycles. The van der Waals surface area contributed by atoms with E-state index in [9.17, 15) is 8.78 Å². The van der Waals surface area contributed by atoms with Gasteiger partial charge in [-0.1, -0.05) is 36.4 Å². The van der Waals surface area contributed by atoms with Gasteiger partial charge in [0.05, 0.1) is 0 Å². The second-order valence-corrected chi connectivity index (χ2v) is 5.29. The molecule has 0 fully saturated rings. The van der Waals surface area contributed by atoms with E-state index in [0.717, 1.165) is 17.8 Å². The van der Waals surface area contributed by atoms with Gasteiger partial charge in [0, 0.05) is 24.3 Å². The Hall–Kier alpha value is -1.94. The minimum atomic E-state index is -2.43. The van der Waals surface area contributed by atoms with Crippen LogP contribution >= 0.6 is 0 Å². The van der Waals surface area contributed by atoms with Crippen molar-refractivity contribution in [3.63, 3.8) is 0 Å². The summed E-state index contributed by atoms with van der Waals surface area (Å²) in [5.41, 5.74) is 3.14. The molecule has 0 aromatic heterocycles. The maximum absolute atomic E-state index is 12.7. The van der Waals surface area contributed by atoms with E-state index in [4.69, 9.17) is 0 Å². The third-order valence-electron chi connectivity index (χ3n) is 3.19. The maximum Gasteiger partial charge on any atom is 0.263 e. The van der Waals surface area contributed by atoms with Gasteiger partial charge in [0.15, 0.2) is 0 Å². The molecule has 2 rings (SSSR count). The van der Waals surface area contributed by atoms with Crippen LogP contribution in [0.15, 0.2) is 48.5 Å². The quantitative estimate of drug-likeness (QED) is 0.853. The highest BCUT2D eigenvalue weighted by Crippen LogP contribution is 2.21. The second-order valence-electron chi connectivity index (χ2n) is 5.29. The van der Waals surface area contributed by atoms with Crippen LogP contribution in [0.3, 0.4) is 0 Å². The third kappa shape index (κ3) is 4.53. The Kier molecular flexibility index (Phi) is 5.28. The van der Waals surface area contributed by atoms with Gasteiger partial charge in [-0.15, -0.1) is 0 Å². The molecule has 0 aliphatic carbocycles. The molecule has 2 aromatic carbocycles. The Balaban J connectivity index is 2.08. The molecule has 0 unspecified atom stereocenters. The summed E-state index contributed by atoms with van der Waals surface area (Å²) in [4.78, 5) is 2.10. The summed E-state index contributed by atoms with van der Waals surface area (Å²) in [6.07, 6.45) is -2.43.